The van der Waals surface area contributed by atoms with Crippen LogP contribution < -0.4 is 9.47 Å². The molecule has 0 aliphatic carbocycles. The first-order valence-corrected chi connectivity index (χ1v) is 6.30. The fourth-order valence-corrected chi connectivity index (χ4v) is 2.21. The van der Waals surface area contributed by atoms with Crippen LogP contribution in [-0.2, 0) is 0 Å². The summed E-state index contributed by atoms with van der Waals surface area (Å²) in [6.45, 7) is 3.91. The van der Waals surface area contributed by atoms with Gasteiger partial charge in [-0.15, -0.1) is 0 Å². The van der Waals surface area contributed by atoms with Crippen molar-refractivity contribution in [2.24, 2.45) is 5.92 Å². The minimum Gasteiger partial charge on any atom is -0.495 e. The molecule has 3 nitrogen and oxygen atoms in total. The van der Waals surface area contributed by atoms with Crippen molar-refractivity contribution in [3.05, 3.63) is 22.2 Å². The van der Waals surface area contributed by atoms with E-state index in [0.717, 1.165) is 6.42 Å². The SMILES string of the molecule is CCC(C)C(=O)c1ccc(OC)c(Br)c1OC. The monoisotopic (exact) mass is 300 g/mol. The van der Waals surface area contributed by atoms with E-state index in [1.165, 1.54) is 0 Å². The van der Waals surface area contributed by atoms with Gasteiger partial charge in [0.05, 0.1) is 19.8 Å². The first kappa shape index (κ1) is 14.0. The summed E-state index contributed by atoms with van der Waals surface area (Å²) >= 11 is 3.39. The molecule has 0 spiro atoms. The third-order valence-electron chi connectivity index (χ3n) is 2.81. The minimum absolute atomic E-state index is 0.0100. The van der Waals surface area contributed by atoms with Crippen molar-refractivity contribution < 1.29 is 14.3 Å². The van der Waals surface area contributed by atoms with Gasteiger partial charge in [-0.1, -0.05) is 13.8 Å². The van der Waals surface area contributed by atoms with Gasteiger partial charge >= 0.3 is 0 Å². The van der Waals surface area contributed by atoms with E-state index < -0.39 is 0 Å². The maximum Gasteiger partial charge on any atom is 0.169 e. The molecule has 1 aromatic rings. The number of hydrogen-bond acceptors (Lipinski definition) is 3. The van der Waals surface area contributed by atoms with Crippen molar-refractivity contribution in [3.8, 4) is 11.5 Å². The number of carbonyl (C=O) groups is 1. The summed E-state index contributed by atoms with van der Waals surface area (Å²) < 4.78 is 11.1. The van der Waals surface area contributed by atoms with Gasteiger partial charge in [0.25, 0.3) is 0 Å². The van der Waals surface area contributed by atoms with Crippen molar-refractivity contribution in [1.29, 1.82) is 0 Å². The highest BCUT2D eigenvalue weighted by molar-refractivity contribution is 9.10. The van der Waals surface area contributed by atoms with Gasteiger partial charge in [-0.3, -0.25) is 4.79 Å². The zero-order valence-electron chi connectivity index (χ0n) is 10.5. The van der Waals surface area contributed by atoms with E-state index in [0.29, 0.717) is 21.5 Å². The van der Waals surface area contributed by atoms with Crippen LogP contribution in [0.3, 0.4) is 0 Å². The number of ether oxygens (including phenoxy) is 2. The van der Waals surface area contributed by atoms with Crippen LogP contribution >= 0.6 is 15.9 Å². The van der Waals surface area contributed by atoms with E-state index in [2.05, 4.69) is 15.9 Å². The van der Waals surface area contributed by atoms with Crippen molar-refractivity contribution in [2.45, 2.75) is 20.3 Å². The Morgan fingerprint density at radius 1 is 1.35 bits per heavy atom. The molecule has 17 heavy (non-hydrogen) atoms. The normalized spacial score (nSPS) is 12.1. The molecule has 0 aliphatic heterocycles. The Labute approximate surface area is 110 Å². The molecule has 0 heterocycles. The standard InChI is InChI=1S/C13H17BrO3/c1-5-8(2)12(15)9-6-7-10(16-3)11(14)13(9)17-4/h6-8H,5H2,1-4H3. The van der Waals surface area contributed by atoms with Crippen LogP contribution in [0.1, 0.15) is 30.6 Å². The molecule has 0 aliphatic rings. The Balaban J connectivity index is 3.26. The molecule has 0 saturated carbocycles. The molecule has 0 saturated heterocycles. The predicted octanol–water partition coefficient (Wildman–Crippen LogP) is 3.70. The topological polar surface area (TPSA) is 35.5 Å². The number of halogens is 1. The summed E-state index contributed by atoms with van der Waals surface area (Å²) in [5.74, 6) is 1.27. The lowest BCUT2D eigenvalue weighted by Crippen LogP contribution is -2.12. The van der Waals surface area contributed by atoms with E-state index >= 15 is 0 Å². The van der Waals surface area contributed by atoms with E-state index in [1.807, 2.05) is 13.8 Å². The summed E-state index contributed by atoms with van der Waals surface area (Å²) in [5.41, 5.74) is 0.592. The molecule has 1 atom stereocenters. The van der Waals surface area contributed by atoms with Crippen LogP contribution in [0.15, 0.2) is 16.6 Å². The lowest BCUT2D eigenvalue weighted by atomic mass is 9.96. The average Bonchev–Trinajstić information content (AvgIpc) is 2.36. The van der Waals surface area contributed by atoms with Gasteiger partial charge in [-0.25, -0.2) is 0 Å². The van der Waals surface area contributed by atoms with Gasteiger partial charge in [0.2, 0.25) is 0 Å². The Bertz CT molecular complexity index is 415. The summed E-state index contributed by atoms with van der Waals surface area (Å²) in [6.07, 6.45) is 0.811. The van der Waals surface area contributed by atoms with Gasteiger partial charge in [-0.05, 0) is 34.5 Å². The maximum absolute atomic E-state index is 12.2. The maximum atomic E-state index is 12.2. The number of methoxy groups -OCH3 is 2. The van der Waals surface area contributed by atoms with E-state index in [1.54, 1.807) is 26.4 Å². The second kappa shape index (κ2) is 6.05. The smallest absolute Gasteiger partial charge is 0.169 e. The number of benzene rings is 1. The van der Waals surface area contributed by atoms with Crippen LogP contribution in [0.5, 0.6) is 11.5 Å². The quantitative estimate of drug-likeness (QED) is 0.778. The first-order valence-electron chi connectivity index (χ1n) is 5.51. The summed E-state index contributed by atoms with van der Waals surface area (Å²) in [6, 6.07) is 3.51. The molecule has 0 radical (unpaired) electrons. The van der Waals surface area contributed by atoms with Crippen LogP contribution in [-0.4, -0.2) is 20.0 Å². The van der Waals surface area contributed by atoms with Gasteiger partial charge in [0.15, 0.2) is 5.78 Å². The van der Waals surface area contributed by atoms with Gasteiger partial charge < -0.3 is 9.47 Å². The molecule has 0 bridgehead atoms. The van der Waals surface area contributed by atoms with E-state index in [9.17, 15) is 4.79 Å². The highest BCUT2D eigenvalue weighted by Crippen LogP contribution is 2.38. The molecular weight excluding hydrogens is 284 g/mol. The summed E-state index contributed by atoms with van der Waals surface area (Å²) in [5, 5.41) is 0. The molecule has 0 amide bonds. The largest absolute Gasteiger partial charge is 0.495 e. The average molecular weight is 301 g/mol. The molecule has 1 rings (SSSR count). The number of Topliss-reactive ketones (excluding diaryl/α,β-unsaturated/α-hetero) is 1. The number of carbonyl (C=O) groups excluding carboxylic acids is 1. The molecule has 0 N–H and O–H groups in total. The molecule has 1 aromatic carbocycles. The van der Waals surface area contributed by atoms with Crippen LogP contribution in [0.4, 0.5) is 0 Å². The Morgan fingerprint density at radius 3 is 2.47 bits per heavy atom. The Kier molecular flexibility index (Phi) is 5.00. The first-order chi connectivity index (χ1) is 8.06. The lowest BCUT2D eigenvalue weighted by Gasteiger charge is -2.14. The highest BCUT2D eigenvalue weighted by Gasteiger charge is 2.21. The number of hydrogen-bond donors (Lipinski definition) is 0. The van der Waals surface area contributed by atoms with Gasteiger partial charge in [0, 0.05) is 5.92 Å². The van der Waals surface area contributed by atoms with E-state index in [-0.39, 0.29) is 11.7 Å². The van der Waals surface area contributed by atoms with Crippen LogP contribution in [0, 0.1) is 5.92 Å². The Hall–Kier alpha value is -1.03. The predicted molar refractivity (Wildman–Crippen MR) is 71.0 cm³/mol. The van der Waals surface area contributed by atoms with Gasteiger partial charge in [0.1, 0.15) is 16.0 Å². The molecule has 0 aromatic heterocycles. The van der Waals surface area contributed by atoms with Crippen molar-refractivity contribution >= 4 is 21.7 Å². The molecule has 1 unspecified atom stereocenters. The number of rotatable bonds is 5. The lowest BCUT2D eigenvalue weighted by molar-refractivity contribution is 0.0924. The summed E-state index contributed by atoms with van der Waals surface area (Å²) in [7, 11) is 3.13. The van der Waals surface area contributed by atoms with Crippen molar-refractivity contribution in [1.82, 2.24) is 0 Å². The molecule has 0 fully saturated rings. The van der Waals surface area contributed by atoms with Crippen LogP contribution in [0.2, 0.25) is 0 Å². The molecular formula is C13H17BrO3. The zero-order chi connectivity index (χ0) is 13.0. The van der Waals surface area contributed by atoms with E-state index in [4.69, 9.17) is 9.47 Å². The third-order valence-corrected chi connectivity index (χ3v) is 3.56. The second-order valence-electron chi connectivity index (χ2n) is 3.84. The third kappa shape index (κ3) is 2.80. The number of ketones is 1. The second-order valence-corrected chi connectivity index (χ2v) is 4.63. The Morgan fingerprint density at radius 2 is 2.00 bits per heavy atom. The minimum atomic E-state index is -0.0100. The van der Waals surface area contributed by atoms with Gasteiger partial charge in [-0.2, -0.15) is 0 Å². The molecule has 4 heteroatoms. The van der Waals surface area contributed by atoms with Crippen LogP contribution in [0.25, 0.3) is 0 Å². The fraction of sp³-hybridized carbons (Fsp3) is 0.462. The fourth-order valence-electron chi connectivity index (χ4n) is 1.54. The zero-order valence-corrected chi connectivity index (χ0v) is 12.1. The van der Waals surface area contributed by atoms with Crippen molar-refractivity contribution in [3.63, 3.8) is 0 Å². The van der Waals surface area contributed by atoms with Crippen molar-refractivity contribution in [2.75, 3.05) is 14.2 Å². The summed E-state index contributed by atoms with van der Waals surface area (Å²) in [4.78, 5) is 12.2. The highest BCUT2D eigenvalue weighted by atomic mass is 79.9. The molecule has 94 valence electrons.